The van der Waals surface area contributed by atoms with E-state index in [1.54, 1.807) is 24.3 Å². The van der Waals surface area contributed by atoms with Gasteiger partial charge >= 0.3 is 5.91 Å². The molecular formula is C26H20Cl2N2O4. The van der Waals surface area contributed by atoms with Crippen LogP contribution in [0.25, 0.3) is 0 Å². The zero-order valence-electron chi connectivity index (χ0n) is 17.9. The Hall–Kier alpha value is -3.74. The van der Waals surface area contributed by atoms with E-state index in [0.717, 1.165) is 16.9 Å². The SMILES string of the molecule is O=C(N/N=C/c1ccc(OCc2ccc(Cl)c(Cl)c2)cc1)c1ccc(COc2ccccc2)o1. The Kier molecular flexibility index (Phi) is 7.86. The zero-order chi connectivity index (χ0) is 23.8. The fourth-order valence-corrected chi connectivity index (χ4v) is 3.24. The minimum atomic E-state index is -0.455. The summed E-state index contributed by atoms with van der Waals surface area (Å²) >= 11 is 11.9. The highest BCUT2D eigenvalue weighted by molar-refractivity contribution is 6.42. The number of nitrogens with one attached hydrogen (secondary N) is 1. The van der Waals surface area contributed by atoms with E-state index in [-0.39, 0.29) is 12.4 Å². The van der Waals surface area contributed by atoms with Crippen LogP contribution in [0.1, 0.15) is 27.4 Å². The van der Waals surface area contributed by atoms with Gasteiger partial charge in [0.15, 0.2) is 5.76 Å². The van der Waals surface area contributed by atoms with E-state index >= 15 is 0 Å². The van der Waals surface area contributed by atoms with E-state index in [9.17, 15) is 4.79 Å². The summed E-state index contributed by atoms with van der Waals surface area (Å²) in [6, 6.07) is 25.3. The van der Waals surface area contributed by atoms with E-state index in [2.05, 4.69) is 10.5 Å². The van der Waals surface area contributed by atoms with Gasteiger partial charge in [-0.2, -0.15) is 5.10 Å². The molecule has 0 aliphatic heterocycles. The number of hydrogen-bond donors (Lipinski definition) is 1. The highest BCUT2D eigenvalue weighted by Gasteiger charge is 2.11. The van der Waals surface area contributed by atoms with Crippen LogP contribution < -0.4 is 14.9 Å². The summed E-state index contributed by atoms with van der Waals surface area (Å²) in [4.78, 5) is 12.2. The lowest BCUT2D eigenvalue weighted by molar-refractivity contribution is 0.0923. The molecule has 0 fully saturated rings. The molecule has 8 heteroatoms. The molecule has 0 unspecified atom stereocenters. The number of rotatable bonds is 9. The second kappa shape index (κ2) is 11.4. The predicted octanol–water partition coefficient (Wildman–Crippen LogP) is 6.51. The average Bonchev–Trinajstić information content (AvgIpc) is 3.34. The predicted molar refractivity (Wildman–Crippen MR) is 132 cm³/mol. The Bertz CT molecular complexity index is 1270. The van der Waals surface area contributed by atoms with Gasteiger partial charge in [-0.15, -0.1) is 0 Å². The molecule has 0 spiro atoms. The molecule has 34 heavy (non-hydrogen) atoms. The standard InChI is InChI=1S/C26H20Cl2N2O4/c27-23-12-8-19(14-24(23)28)16-32-21-9-6-18(7-10-21)15-29-30-26(31)25-13-11-22(34-25)17-33-20-4-2-1-3-5-20/h1-15H,16-17H2,(H,30,31)/b29-15+. The number of ether oxygens (including phenoxy) is 2. The van der Waals surface area contributed by atoms with Gasteiger partial charge in [-0.1, -0.05) is 47.5 Å². The number of hydrogen-bond acceptors (Lipinski definition) is 5. The average molecular weight is 495 g/mol. The summed E-state index contributed by atoms with van der Waals surface area (Å²) in [7, 11) is 0. The first-order chi connectivity index (χ1) is 16.6. The highest BCUT2D eigenvalue weighted by Crippen LogP contribution is 2.23. The second-order valence-corrected chi connectivity index (χ2v) is 7.99. The van der Waals surface area contributed by atoms with E-state index in [1.807, 2.05) is 60.7 Å². The molecule has 0 atom stereocenters. The van der Waals surface area contributed by atoms with Gasteiger partial charge in [0.1, 0.15) is 30.5 Å². The highest BCUT2D eigenvalue weighted by atomic mass is 35.5. The van der Waals surface area contributed by atoms with Crippen molar-refractivity contribution in [2.24, 2.45) is 5.10 Å². The second-order valence-electron chi connectivity index (χ2n) is 7.17. The normalized spacial score (nSPS) is 10.9. The summed E-state index contributed by atoms with van der Waals surface area (Å²) in [5.41, 5.74) is 4.15. The monoisotopic (exact) mass is 494 g/mol. The molecule has 4 rings (SSSR count). The van der Waals surface area contributed by atoms with Crippen molar-refractivity contribution in [2.75, 3.05) is 0 Å². The first-order valence-electron chi connectivity index (χ1n) is 10.3. The van der Waals surface area contributed by atoms with Crippen molar-refractivity contribution in [3.8, 4) is 11.5 Å². The Morgan fingerprint density at radius 2 is 1.59 bits per heavy atom. The third-order valence-electron chi connectivity index (χ3n) is 4.66. The summed E-state index contributed by atoms with van der Waals surface area (Å²) in [6.07, 6.45) is 1.53. The first kappa shape index (κ1) is 23.4. The Labute approximate surface area is 206 Å². The molecule has 4 aromatic rings. The number of halogens is 2. The fraction of sp³-hybridized carbons (Fsp3) is 0.0769. The number of furan rings is 1. The van der Waals surface area contributed by atoms with E-state index < -0.39 is 5.91 Å². The number of carbonyl (C=O) groups is 1. The van der Waals surface area contributed by atoms with Crippen molar-refractivity contribution in [2.45, 2.75) is 13.2 Å². The van der Waals surface area contributed by atoms with Crippen LogP contribution in [-0.4, -0.2) is 12.1 Å². The quantitative estimate of drug-likeness (QED) is 0.212. The molecule has 0 saturated heterocycles. The summed E-state index contributed by atoms with van der Waals surface area (Å²) in [5, 5.41) is 4.97. The Morgan fingerprint density at radius 1 is 0.853 bits per heavy atom. The minimum Gasteiger partial charge on any atom is -0.489 e. The van der Waals surface area contributed by atoms with Gasteiger partial charge in [0.25, 0.3) is 0 Å². The van der Waals surface area contributed by atoms with Crippen molar-refractivity contribution >= 4 is 35.3 Å². The van der Waals surface area contributed by atoms with Gasteiger partial charge in [0, 0.05) is 0 Å². The molecular weight excluding hydrogens is 475 g/mol. The summed E-state index contributed by atoms with van der Waals surface area (Å²) < 4.78 is 16.9. The van der Waals surface area contributed by atoms with Gasteiger partial charge in [0.05, 0.1) is 16.3 Å². The lowest BCUT2D eigenvalue weighted by Gasteiger charge is -2.07. The van der Waals surface area contributed by atoms with Crippen LogP contribution in [0.3, 0.4) is 0 Å². The number of benzene rings is 3. The molecule has 1 aromatic heterocycles. The smallest absolute Gasteiger partial charge is 0.307 e. The van der Waals surface area contributed by atoms with Crippen molar-refractivity contribution in [3.63, 3.8) is 0 Å². The largest absolute Gasteiger partial charge is 0.489 e. The summed E-state index contributed by atoms with van der Waals surface area (Å²) in [5.74, 6) is 1.64. The molecule has 0 aliphatic carbocycles. The number of amides is 1. The van der Waals surface area contributed by atoms with Crippen LogP contribution in [0, 0.1) is 0 Å². The van der Waals surface area contributed by atoms with Crippen LogP contribution >= 0.6 is 23.2 Å². The van der Waals surface area contributed by atoms with Crippen LogP contribution in [0.5, 0.6) is 11.5 Å². The maximum absolute atomic E-state index is 12.2. The fourth-order valence-electron chi connectivity index (χ4n) is 2.92. The van der Waals surface area contributed by atoms with Crippen molar-refractivity contribution in [3.05, 3.63) is 118 Å². The van der Waals surface area contributed by atoms with Gasteiger partial charge in [-0.3, -0.25) is 4.79 Å². The van der Waals surface area contributed by atoms with Crippen molar-refractivity contribution in [1.82, 2.24) is 5.43 Å². The van der Waals surface area contributed by atoms with Crippen LogP contribution in [0.4, 0.5) is 0 Å². The maximum atomic E-state index is 12.2. The third kappa shape index (κ3) is 6.63. The molecule has 1 heterocycles. The van der Waals surface area contributed by atoms with E-state index in [1.165, 1.54) is 6.21 Å². The zero-order valence-corrected chi connectivity index (χ0v) is 19.4. The molecule has 172 valence electrons. The van der Waals surface area contributed by atoms with Crippen LogP contribution in [-0.2, 0) is 13.2 Å². The lowest BCUT2D eigenvalue weighted by Crippen LogP contribution is -2.16. The molecule has 3 aromatic carbocycles. The van der Waals surface area contributed by atoms with E-state index in [0.29, 0.717) is 28.2 Å². The molecule has 0 saturated carbocycles. The number of nitrogens with zero attached hydrogens (tertiary/aromatic N) is 1. The third-order valence-corrected chi connectivity index (χ3v) is 5.40. The minimum absolute atomic E-state index is 0.148. The number of carbonyl (C=O) groups excluding carboxylic acids is 1. The Balaban J connectivity index is 1.24. The van der Waals surface area contributed by atoms with Gasteiger partial charge in [0.2, 0.25) is 0 Å². The van der Waals surface area contributed by atoms with Gasteiger partial charge < -0.3 is 13.9 Å². The van der Waals surface area contributed by atoms with Crippen molar-refractivity contribution in [1.29, 1.82) is 0 Å². The van der Waals surface area contributed by atoms with Crippen LogP contribution in [0.15, 0.2) is 94.4 Å². The molecule has 1 amide bonds. The molecule has 0 bridgehead atoms. The summed E-state index contributed by atoms with van der Waals surface area (Å²) in [6.45, 7) is 0.585. The molecule has 0 aliphatic rings. The number of para-hydroxylation sites is 1. The topological polar surface area (TPSA) is 73.1 Å². The van der Waals surface area contributed by atoms with Gasteiger partial charge in [-0.25, -0.2) is 5.43 Å². The number of hydrazone groups is 1. The van der Waals surface area contributed by atoms with Crippen LogP contribution in [0.2, 0.25) is 10.0 Å². The van der Waals surface area contributed by atoms with Gasteiger partial charge in [-0.05, 0) is 71.8 Å². The molecule has 0 radical (unpaired) electrons. The molecule has 6 nitrogen and oxygen atoms in total. The van der Waals surface area contributed by atoms with E-state index in [4.69, 9.17) is 37.1 Å². The first-order valence-corrected chi connectivity index (χ1v) is 11.1. The Morgan fingerprint density at radius 3 is 2.35 bits per heavy atom. The lowest BCUT2D eigenvalue weighted by atomic mass is 10.2. The molecule has 1 N–H and O–H groups in total. The van der Waals surface area contributed by atoms with Crippen molar-refractivity contribution < 1.29 is 18.7 Å². The maximum Gasteiger partial charge on any atom is 0.307 e.